The molecular formula is C17H20N6O3. The Morgan fingerprint density at radius 3 is 2.58 bits per heavy atom. The van der Waals surface area contributed by atoms with Gasteiger partial charge in [-0.15, -0.1) is 0 Å². The molecule has 0 aromatic carbocycles. The number of aromatic nitrogens is 5. The molecular weight excluding hydrogens is 336 g/mol. The van der Waals surface area contributed by atoms with Gasteiger partial charge in [-0.2, -0.15) is 10.2 Å². The zero-order valence-electron chi connectivity index (χ0n) is 15.2. The number of amides is 1. The molecule has 0 aliphatic rings. The molecule has 0 radical (unpaired) electrons. The number of aliphatic carboxylic acids is 1. The van der Waals surface area contributed by atoms with Gasteiger partial charge in [0.05, 0.1) is 16.6 Å². The number of fused-ring (bicyclic) bond motifs is 1. The van der Waals surface area contributed by atoms with E-state index in [1.807, 2.05) is 13.8 Å². The first kappa shape index (κ1) is 17.6. The molecule has 1 amide bonds. The van der Waals surface area contributed by atoms with Gasteiger partial charge < -0.3 is 10.4 Å². The summed E-state index contributed by atoms with van der Waals surface area (Å²) in [5.74, 6) is -1.10. The van der Waals surface area contributed by atoms with Crippen LogP contribution in [-0.4, -0.2) is 41.5 Å². The van der Waals surface area contributed by atoms with Crippen molar-refractivity contribution in [3.8, 4) is 0 Å². The molecule has 0 saturated heterocycles. The first-order valence-corrected chi connectivity index (χ1v) is 8.03. The Morgan fingerprint density at radius 1 is 1.23 bits per heavy atom. The van der Waals surface area contributed by atoms with Crippen LogP contribution in [0.2, 0.25) is 0 Å². The van der Waals surface area contributed by atoms with E-state index in [1.54, 1.807) is 23.9 Å². The number of aryl methyl sites for hydroxylation is 3. The maximum absolute atomic E-state index is 12.8. The summed E-state index contributed by atoms with van der Waals surface area (Å²) in [7, 11) is 1.78. The molecule has 2 N–H and O–H groups in total. The average Bonchev–Trinajstić information content (AvgIpc) is 3.12. The zero-order valence-corrected chi connectivity index (χ0v) is 15.2. The van der Waals surface area contributed by atoms with Crippen molar-refractivity contribution in [2.24, 2.45) is 7.05 Å². The van der Waals surface area contributed by atoms with E-state index in [0.29, 0.717) is 28.0 Å². The molecule has 136 valence electrons. The molecule has 0 fully saturated rings. The predicted octanol–water partition coefficient (Wildman–Crippen LogP) is 1.85. The SMILES string of the molecule is Cc1cc(C(=O)Nc2ccn(C(C)(C)C(=O)O)n2)c2c(C)nn(C)c2n1. The molecule has 0 saturated carbocycles. The monoisotopic (exact) mass is 356 g/mol. The Kier molecular flexibility index (Phi) is 4.02. The molecule has 9 heteroatoms. The second-order valence-corrected chi connectivity index (χ2v) is 6.68. The van der Waals surface area contributed by atoms with Gasteiger partial charge in [-0.05, 0) is 33.8 Å². The summed E-state index contributed by atoms with van der Waals surface area (Å²) >= 11 is 0. The van der Waals surface area contributed by atoms with Crippen LogP contribution in [0.3, 0.4) is 0 Å². The van der Waals surface area contributed by atoms with Gasteiger partial charge in [0, 0.05) is 25.0 Å². The van der Waals surface area contributed by atoms with E-state index < -0.39 is 11.5 Å². The number of nitrogens with one attached hydrogen (secondary N) is 1. The van der Waals surface area contributed by atoms with Gasteiger partial charge in [-0.25, -0.2) is 9.78 Å². The number of carboxylic acids is 1. The third kappa shape index (κ3) is 2.81. The minimum Gasteiger partial charge on any atom is -0.479 e. The summed E-state index contributed by atoms with van der Waals surface area (Å²) in [6, 6.07) is 3.26. The smallest absolute Gasteiger partial charge is 0.331 e. The molecule has 0 spiro atoms. The van der Waals surface area contributed by atoms with Crippen LogP contribution in [0.4, 0.5) is 5.82 Å². The zero-order chi connectivity index (χ0) is 19.2. The van der Waals surface area contributed by atoms with Crippen molar-refractivity contribution in [1.29, 1.82) is 0 Å². The Balaban J connectivity index is 1.96. The summed E-state index contributed by atoms with van der Waals surface area (Å²) < 4.78 is 2.94. The molecule has 0 aliphatic heterocycles. The van der Waals surface area contributed by atoms with E-state index in [2.05, 4.69) is 20.5 Å². The summed E-state index contributed by atoms with van der Waals surface area (Å²) in [6.07, 6.45) is 1.52. The van der Waals surface area contributed by atoms with E-state index in [1.165, 1.54) is 24.7 Å². The van der Waals surface area contributed by atoms with Crippen LogP contribution in [-0.2, 0) is 17.4 Å². The number of carbonyl (C=O) groups excluding carboxylic acids is 1. The number of nitrogens with zero attached hydrogens (tertiary/aromatic N) is 5. The van der Waals surface area contributed by atoms with Crippen LogP contribution in [0.25, 0.3) is 11.0 Å². The topological polar surface area (TPSA) is 115 Å². The van der Waals surface area contributed by atoms with Crippen LogP contribution in [0.5, 0.6) is 0 Å². The number of anilines is 1. The van der Waals surface area contributed by atoms with Gasteiger partial charge in [-0.1, -0.05) is 0 Å². The van der Waals surface area contributed by atoms with Gasteiger partial charge in [0.2, 0.25) is 0 Å². The Labute approximate surface area is 149 Å². The Bertz CT molecular complexity index is 1030. The molecule has 26 heavy (non-hydrogen) atoms. The molecule has 0 atom stereocenters. The highest BCUT2D eigenvalue weighted by molar-refractivity contribution is 6.12. The maximum Gasteiger partial charge on any atom is 0.331 e. The fraction of sp³-hybridized carbons (Fsp3) is 0.353. The third-order valence-electron chi connectivity index (χ3n) is 4.27. The minimum absolute atomic E-state index is 0.272. The lowest BCUT2D eigenvalue weighted by Gasteiger charge is -2.19. The highest BCUT2D eigenvalue weighted by atomic mass is 16.4. The summed E-state index contributed by atoms with van der Waals surface area (Å²) in [6.45, 7) is 6.69. The predicted molar refractivity (Wildman–Crippen MR) is 95.1 cm³/mol. The van der Waals surface area contributed by atoms with Crippen LogP contribution in [0.1, 0.15) is 35.6 Å². The van der Waals surface area contributed by atoms with Crippen molar-refractivity contribution in [1.82, 2.24) is 24.5 Å². The number of carbonyl (C=O) groups is 2. The van der Waals surface area contributed by atoms with E-state index in [9.17, 15) is 14.7 Å². The maximum atomic E-state index is 12.8. The number of pyridine rings is 1. The van der Waals surface area contributed by atoms with Crippen molar-refractivity contribution in [2.75, 3.05) is 5.32 Å². The highest BCUT2D eigenvalue weighted by Crippen LogP contribution is 2.23. The van der Waals surface area contributed by atoms with Crippen molar-refractivity contribution in [3.05, 3.63) is 35.3 Å². The second kappa shape index (κ2) is 5.94. The number of hydrogen-bond acceptors (Lipinski definition) is 5. The quantitative estimate of drug-likeness (QED) is 0.737. The molecule has 0 bridgehead atoms. The third-order valence-corrected chi connectivity index (χ3v) is 4.27. The molecule has 0 unspecified atom stereocenters. The fourth-order valence-electron chi connectivity index (χ4n) is 2.73. The summed E-state index contributed by atoms with van der Waals surface area (Å²) in [5, 5.41) is 21.2. The van der Waals surface area contributed by atoms with Crippen LogP contribution < -0.4 is 5.32 Å². The minimum atomic E-state index is -1.22. The lowest BCUT2D eigenvalue weighted by atomic mass is 10.1. The van der Waals surface area contributed by atoms with Gasteiger partial charge >= 0.3 is 5.97 Å². The fourth-order valence-corrected chi connectivity index (χ4v) is 2.73. The summed E-state index contributed by atoms with van der Waals surface area (Å²) in [5.41, 5.74) is 1.26. The summed E-state index contributed by atoms with van der Waals surface area (Å²) in [4.78, 5) is 28.6. The van der Waals surface area contributed by atoms with Crippen molar-refractivity contribution in [2.45, 2.75) is 33.2 Å². The van der Waals surface area contributed by atoms with Gasteiger partial charge in [0.1, 0.15) is 0 Å². The van der Waals surface area contributed by atoms with Crippen LogP contribution >= 0.6 is 0 Å². The number of hydrogen-bond donors (Lipinski definition) is 2. The van der Waals surface area contributed by atoms with Crippen molar-refractivity contribution < 1.29 is 14.7 Å². The standard InChI is InChI=1S/C17H20N6O3/c1-9-8-11(13-10(2)20-22(5)14(13)18-9)15(24)19-12-6-7-23(21-12)17(3,4)16(25)26/h6-8H,1-5H3,(H,25,26)(H,19,21,24). The molecule has 0 aliphatic carbocycles. The Morgan fingerprint density at radius 2 is 1.92 bits per heavy atom. The molecule has 3 aromatic heterocycles. The average molecular weight is 356 g/mol. The van der Waals surface area contributed by atoms with Crippen molar-refractivity contribution in [3.63, 3.8) is 0 Å². The molecule has 3 rings (SSSR count). The highest BCUT2D eigenvalue weighted by Gasteiger charge is 2.30. The van der Waals surface area contributed by atoms with Gasteiger partial charge in [0.25, 0.3) is 5.91 Å². The normalized spacial score (nSPS) is 11.7. The van der Waals surface area contributed by atoms with E-state index in [-0.39, 0.29) is 11.7 Å². The lowest BCUT2D eigenvalue weighted by Crippen LogP contribution is -2.36. The number of carboxylic acid groups (broad SMARTS) is 1. The van der Waals surface area contributed by atoms with Crippen LogP contribution in [0, 0.1) is 13.8 Å². The largest absolute Gasteiger partial charge is 0.479 e. The first-order chi connectivity index (χ1) is 12.1. The van der Waals surface area contributed by atoms with Crippen molar-refractivity contribution >= 4 is 28.7 Å². The lowest BCUT2D eigenvalue weighted by molar-refractivity contribution is -0.146. The first-order valence-electron chi connectivity index (χ1n) is 8.03. The van der Waals surface area contributed by atoms with Crippen LogP contribution in [0.15, 0.2) is 18.3 Å². The number of rotatable bonds is 4. The molecule has 9 nitrogen and oxygen atoms in total. The molecule has 3 aromatic rings. The Hall–Kier alpha value is -3.23. The van der Waals surface area contributed by atoms with E-state index >= 15 is 0 Å². The molecule has 3 heterocycles. The van der Waals surface area contributed by atoms with E-state index in [0.717, 1.165) is 0 Å². The van der Waals surface area contributed by atoms with Gasteiger partial charge in [0.15, 0.2) is 17.0 Å². The van der Waals surface area contributed by atoms with E-state index in [4.69, 9.17) is 0 Å². The second-order valence-electron chi connectivity index (χ2n) is 6.68. The van der Waals surface area contributed by atoms with Gasteiger partial charge in [-0.3, -0.25) is 14.2 Å².